The third-order valence-corrected chi connectivity index (χ3v) is 3.60. The van der Waals surface area contributed by atoms with Crippen molar-refractivity contribution >= 4 is 39.5 Å². The first-order valence-corrected chi connectivity index (χ1v) is 6.34. The number of para-hydroxylation sites is 2. The van der Waals surface area contributed by atoms with E-state index in [0.717, 1.165) is 11.0 Å². The van der Waals surface area contributed by atoms with Crippen LogP contribution in [0.15, 0.2) is 29.1 Å². The lowest BCUT2D eigenvalue weighted by atomic mass is 10.3. The van der Waals surface area contributed by atoms with Crippen molar-refractivity contribution in [1.82, 2.24) is 14.7 Å². The zero-order valence-corrected chi connectivity index (χ0v) is 10.5. The standard InChI is InChI=1S/C12H9N3O3S/c16-10(17)6-13-5-9-11(18)15-8-4-2-1-3-7(8)14-12(15)19-9/h1-5,13H,6H2,(H,16,17)/b9-5+. The van der Waals surface area contributed by atoms with Gasteiger partial charge in [-0.3, -0.25) is 9.59 Å². The van der Waals surface area contributed by atoms with E-state index in [9.17, 15) is 9.59 Å². The van der Waals surface area contributed by atoms with Gasteiger partial charge in [0.05, 0.1) is 11.0 Å². The second kappa shape index (κ2) is 4.36. The quantitative estimate of drug-likeness (QED) is 0.705. The Labute approximate surface area is 110 Å². The van der Waals surface area contributed by atoms with Gasteiger partial charge in [0.2, 0.25) is 0 Å². The molecule has 0 aliphatic rings. The van der Waals surface area contributed by atoms with Crippen LogP contribution >= 0.6 is 11.3 Å². The van der Waals surface area contributed by atoms with Crippen LogP contribution in [-0.2, 0) is 4.79 Å². The van der Waals surface area contributed by atoms with E-state index in [0.29, 0.717) is 9.49 Å². The van der Waals surface area contributed by atoms with E-state index in [1.807, 2.05) is 24.3 Å². The van der Waals surface area contributed by atoms with Crippen molar-refractivity contribution in [3.8, 4) is 0 Å². The minimum atomic E-state index is -0.976. The molecule has 0 bridgehead atoms. The lowest BCUT2D eigenvalue weighted by Crippen LogP contribution is -2.27. The molecule has 0 unspecified atom stereocenters. The molecular weight excluding hydrogens is 266 g/mol. The number of rotatable bonds is 3. The molecule has 7 heteroatoms. The van der Waals surface area contributed by atoms with E-state index in [1.54, 1.807) is 0 Å². The van der Waals surface area contributed by atoms with Crippen LogP contribution in [0.2, 0.25) is 0 Å². The van der Waals surface area contributed by atoms with Crippen LogP contribution in [0.25, 0.3) is 22.2 Å². The van der Waals surface area contributed by atoms with E-state index in [2.05, 4.69) is 10.3 Å². The minimum absolute atomic E-state index is 0.188. The van der Waals surface area contributed by atoms with Gasteiger partial charge in [0.15, 0.2) is 4.96 Å². The van der Waals surface area contributed by atoms with E-state index < -0.39 is 5.97 Å². The second-order valence-electron chi connectivity index (χ2n) is 3.91. The third kappa shape index (κ3) is 1.93. The molecule has 2 heterocycles. The Hall–Kier alpha value is -2.41. The van der Waals surface area contributed by atoms with Gasteiger partial charge in [-0.05, 0) is 12.1 Å². The fourth-order valence-electron chi connectivity index (χ4n) is 1.84. The summed E-state index contributed by atoms with van der Waals surface area (Å²) in [5, 5.41) is 11.1. The molecule has 0 aliphatic carbocycles. The molecular formula is C12H9N3O3S. The van der Waals surface area contributed by atoms with Crippen LogP contribution in [0.3, 0.4) is 0 Å². The molecule has 6 nitrogen and oxygen atoms in total. The Balaban J connectivity index is 2.16. The monoisotopic (exact) mass is 275 g/mol. The number of hydrogen-bond donors (Lipinski definition) is 2. The maximum Gasteiger partial charge on any atom is 0.322 e. The zero-order valence-electron chi connectivity index (χ0n) is 9.66. The molecule has 0 aliphatic heterocycles. The smallest absolute Gasteiger partial charge is 0.322 e. The average Bonchev–Trinajstić information content (AvgIpc) is 2.87. The summed E-state index contributed by atoms with van der Waals surface area (Å²) in [4.78, 5) is 27.6. The molecule has 19 heavy (non-hydrogen) atoms. The topological polar surface area (TPSA) is 83.7 Å². The van der Waals surface area contributed by atoms with Crippen molar-refractivity contribution in [2.24, 2.45) is 0 Å². The lowest BCUT2D eigenvalue weighted by Gasteiger charge is -1.90. The van der Waals surface area contributed by atoms with E-state index in [4.69, 9.17) is 5.11 Å². The van der Waals surface area contributed by atoms with Crippen LogP contribution in [0.5, 0.6) is 0 Å². The van der Waals surface area contributed by atoms with Crippen LogP contribution < -0.4 is 15.4 Å². The van der Waals surface area contributed by atoms with Gasteiger partial charge in [0, 0.05) is 6.20 Å². The van der Waals surface area contributed by atoms with Crippen molar-refractivity contribution < 1.29 is 9.90 Å². The van der Waals surface area contributed by atoms with E-state index in [-0.39, 0.29) is 12.1 Å². The number of carboxylic acid groups (broad SMARTS) is 1. The number of aliphatic carboxylic acids is 1. The Bertz CT molecular complexity index is 881. The normalized spacial score (nSPS) is 12.3. The molecule has 96 valence electrons. The van der Waals surface area contributed by atoms with Crippen molar-refractivity contribution in [3.05, 3.63) is 39.2 Å². The molecule has 0 atom stereocenters. The molecule has 2 N–H and O–H groups in total. The Morgan fingerprint density at radius 2 is 2.26 bits per heavy atom. The predicted molar refractivity (Wildman–Crippen MR) is 72.2 cm³/mol. The number of hydrogen-bond acceptors (Lipinski definition) is 5. The summed E-state index contributed by atoms with van der Waals surface area (Å²) in [5.41, 5.74) is 1.35. The first-order chi connectivity index (χ1) is 9.16. The van der Waals surface area contributed by atoms with Gasteiger partial charge >= 0.3 is 5.97 Å². The summed E-state index contributed by atoms with van der Waals surface area (Å²) >= 11 is 1.23. The van der Waals surface area contributed by atoms with Gasteiger partial charge in [-0.1, -0.05) is 23.5 Å². The van der Waals surface area contributed by atoms with Crippen molar-refractivity contribution in [2.45, 2.75) is 0 Å². The Morgan fingerprint density at radius 1 is 1.47 bits per heavy atom. The molecule has 3 aromatic rings. The van der Waals surface area contributed by atoms with Gasteiger partial charge in [-0.2, -0.15) is 0 Å². The Morgan fingerprint density at radius 3 is 3.05 bits per heavy atom. The van der Waals surface area contributed by atoms with Crippen LogP contribution in [-0.4, -0.2) is 27.0 Å². The molecule has 0 fully saturated rings. The van der Waals surface area contributed by atoms with Crippen molar-refractivity contribution in [1.29, 1.82) is 0 Å². The van der Waals surface area contributed by atoms with Crippen LogP contribution in [0.1, 0.15) is 0 Å². The minimum Gasteiger partial charge on any atom is -0.480 e. The number of nitrogens with one attached hydrogen (secondary N) is 1. The van der Waals surface area contributed by atoms with Crippen molar-refractivity contribution in [3.63, 3.8) is 0 Å². The number of benzene rings is 1. The number of imidazole rings is 1. The number of fused-ring (bicyclic) bond motifs is 3. The first kappa shape index (κ1) is 11.7. The number of carboxylic acids is 1. The summed E-state index contributed by atoms with van der Waals surface area (Å²) in [6.07, 6.45) is 1.42. The van der Waals surface area contributed by atoms with E-state index in [1.165, 1.54) is 21.9 Å². The molecule has 2 aromatic heterocycles. The second-order valence-corrected chi connectivity index (χ2v) is 4.92. The number of nitrogens with zero attached hydrogens (tertiary/aromatic N) is 2. The largest absolute Gasteiger partial charge is 0.480 e. The highest BCUT2D eigenvalue weighted by Crippen LogP contribution is 2.15. The molecule has 0 radical (unpaired) electrons. The highest BCUT2D eigenvalue weighted by Gasteiger charge is 2.10. The molecule has 0 saturated heterocycles. The summed E-state index contributed by atoms with van der Waals surface area (Å²) in [7, 11) is 0. The third-order valence-electron chi connectivity index (χ3n) is 2.63. The first-order valence-electron chi connectivity index (χ1n) is 5.52. The Kier molecular flexibility index (Phi) is 2.68. The fraction of sp³-hybridized carbons (Fsp3) is 0.0833. The average molecular weight is 275 g/mol. The molecule has 3 rings (SSSR count). The van der Waals surface area contributed by atoms with Gasteiger partial charge < -0.3 is 10.4 Å². The molecule has 0 amide bonds. The number of aromatic nitrogens is 2. The SMILES string of the molecule is O=C(O)CN/C=c1/sc2nc3ccccc3n2c1=O. The lowest BCUT2D eigenvalue weighted by molar-refractivity contribution is -0.135. The van der Waals surface area contributed by atoms with Gasteiger partial charge in [0.1, 0.15) is 11.1 Å². The maximum atomic E-state index is 12.2. The fourth-order valence-corrected chi connectivity index (χ4v) is 2.78. The van der Waals surface area contributed by atoms with Gasteiger partial charge in [-0.25, -0.2) is 9.38 Å². The van der Waals surface area contributed by atoms with Gasteiger partial charge in [0.25, 0.3) is 5.56 Å². The maximum absolute atomic E-state index is 12.2. The van der Waals surface area contributed by atoms with Crippen LogP contribution in [0, 0.1) is 0 Å². The molecule has 1 aromatic carbocycles. The van der Waals surface area contributed by atoms with Gasteiger partial charge in [-0.15, -0.1) is 0 Å². The summed E-state index contributed by atoms with van der Waals surface area (Å²) in [6, 6.07) is 7.39. The predicted octanol–water partition coefficient (Wildman–Crippen LogP) is 0.0403. The molecule has 0 saturated carbocycles. The van der Waals surface area contributed by atoms with Crippen molar-refractivity contribution in [2.75, 3.05) is 6.54 Å². The number of thiazole rings is 1. The highest BCUT2D eigenvalue weighted by atomic mass is 32.1. The van der Waals surface area contributed by atoms with E-state index >= 15 is 0 Å². The summed E-state index contributed by atoms with van der Waals surface area (Å²) in [5.74, 6) is -0.976. The summed E-state index contributed by atoms with van der Waals surface area (Å²) in [6.45, 7) is -0.222. The highest BCUT2D eigenvalue weighted by molar-refractivity contribution is 7.15. The summed E-state index contributed by atoms with van der Waals surface area (Å²) < 4.78 is 1.98. The van der Waals surface area contributed by atoms with Crippen LogP contribution in [0.4, 0.5) is 0 Å². The zero-order chi connectivity index (χ0) is 13.4. The number of carbonyl (C=O) groups is 1. The molecule has 0 spiro atoms.